The van der Waals surface area contributed by atoms with Crippen LogP contribution in [0.3, 0.4) is 0 Å². The maximum Gasteiger partial charge on any atom is 0.192 e. The Kier molecular flexibility index (Phi) is 6.47. The Labute approximate surface area is 213 Å². The molecule has 0 atom stereocenters. The number of aryl methyl sites for hydroxylation is 3. The molecule has 3 aromatic heterocycles. The van der Waals surface area contributed by atoms with Crippen LogP contribution in [-0.4, -0.2) is 19.7 Å². The van der Waals surface area contributed by atoms with Crippen molar-refractivity contribution in [1.82, 2.24) is 19.7 Å². The number of rotatable bonds is 6. The van der Waals surface area contributed by atoms with Gasteiger partial charge in [-0.05, 0) is 86.5 Å². The van der Waals surface area contributed by atoms with Gasteiger partial charge in [-0.25, -0.2) is 9.37 Å². The Balaban J connectivity index is 1.64. The van der Waals surface area contributed by atoms with E-state index in [9.17, 15) is 4.39 Å². The van der Waals surface area contributed by atoms with Gasteiger partial charge in [-0.3, -0.25) is 4.57 Å². The molecule has 0 saturated carbocycles. The molecule has 3 heterocycles. The van der Waals surface area contributed by atoms with Gasteiger partial charge in [-0.2, -0.15) is 0 Å². The minimum Gasteiger partial charge on any atom is -0.299 e. The van der Waals surface area contributed by atoms with Crippen molar-refractivity contribution in [2.45, 2.75) is 51.6 Å². The van der Waals surface area contributed by atoms with Gasteiger partial charge in [0.15, 0.2) is 11.0 Å². The van der Waals surface area contributed by atoms with Crippen LogP contribution in [0.15, 0.2) is 59.1 Å². The van der Waals surface area contributed by atoms with Crippen molar-refractivity contribution >= 4 is 34.0 Å². The molecule has 0 aliphatic carbocycles. The first-order chi connectivity index (χ1) is 16.8. The maximum atomic E-state index is 14.6. The number of hydrogen-bond acceptors (Lipinski definition) is 5. The number of benzene rings is 2. The van der Waals surface area contributed by atoms with Crippen molar-refractivity contribution in [2.24, 2.45) is 0 Å². The summed E-state index contributed by atoms with van der Waals surface area (Å²) in [5.74, 6) is 1.15. The second-order valence-electron chi connectivity index (χ2n) is 9.09. The number of halogens is 1. The second-order valence-corrected chi connectivity index (χ2v) is 11.0. The van der Waals surface area contributed by atoms with Crippen molar-refractivity contribution in [3.63, 3.8) is 0 Å². The second kappa shape index (κ2) is 9.55. The van der Waals surface area contributed by atoms with Crippen molar-refractivity contribution in [3.05, 3.63) is 82.0 Å². The van der Waals surface area contributed by atoms with Crippen LogP contribution in [0.5, 0.6) is 0 Å². The quantitative estimate of drug-likeness (QED) is 0.220. The molecule has 0 saturated heterocycles. The Morgan fingerprint density at radius 3 is 2.51 bits per heavy atom. The van der Waals surface area contributed by atoms with Gasteiger partial charge < -0.3 is 0 Å². The van der Waals surface area contributed by atoms with Gasteiger partial charge in [0, 0.05) is 22.7 Å². The normalized spacial score (nSPS) is 11.6. The lowest BCUT2D eigenvalue weighted by Gasteiger charge is -2.16. The summed E-state index contributed by atoms with van der Waals surface area (Å²) in [6, 6.07) is 16.3. The molecule has 2 aromatic carbocycles. The van der Waals surface area contributed by atoms with E-state index in [0.717, 1.165) is 38.0 Å². The fourth-order valence-electron chi connectivity index (χ4n) is 4.21. The summed E-state index contributed by atoms with van der Waals surface area (Å²) in [7, 11) is 0. The lowest BCUT2D eigenvalue weighted by molar-refractivity contribution is 0.555. The van der Waals surface area contributed by atoms with Gasteiger partial charge in [0.1, 0.15) is 5.82 Å². The lowest BCUT2D eigenvalue weighted by Crippen LogP contribution is -2.06. The third-order valence-corrected chi connectivity index (χ3v) is 8.13. The van der Waals surface area contributed by atoms with Crippen LogP contribution in [0, 0.1) is 26.6 Å². The third kappa shape index (κ3) is 4.50. The topological polar surface area (TPSA) is 43.6 Å². The number of aromatic nitrogens is 4. The van der Waals surface area contributed by atoms with Crippen LogP contribution in [0.1, 0.15) is 42.1 Å². The molecule has 35 heavy (non-hydrogen) atoms. The summed E-state index contributed by atoms with van der Waals surface area (Å²) in [4.78, 5) is 6.10. The SMILES string of the molecule is Cc1cc2nc(-c3cccs3)cc(-c3nnc(SCc4cccc(C)c4F)n3C(C)C)c2cc1C. The molecule has 0 radical (unpaired) electrons. The number of thiophene rings is 1. The molecule has 0 bridgehead atoms. The molecule has 0 N–H and O–H groups in total. The highest BCUT2D eigenvalue weighted by Gasteiger charge is 2.21. The van der Waals surface area contributed by atoms with E-state index >= 15 is 0 Å². The van der Waals surface area contributed by atoms with Gasteiger partial charge >= 0.3 is 0 Å². The molecule has 0 aliphatic heterocycles. The van der Waals surface area contributed by atoms with E-state index in [1.165, 1.54) is 22.9 Å². The minimum absolute atomic E-state index is 0.129. The standard InChI is InChI=1S/C28H27FN4S2/c1-16(2)33-27(31-32-28(33)35-15-20-9-6-8-17(3)26(20)29)22-14-24(25-10-7-11-34-25)30-23-13-19(5)18(4)12-21(22)23/h6-14,16H,15H2,1-5H3. The Morgan fingerprint density at radius 2 is 1.77 bits per heavy atom. The van der Waals surface area contributed by atoms with Crippen LogP contribution in [0.4, 0.5) is 4.39 Å². The largest absolute Gasteiger partial charge is 0.299 e. The van der Waals surface area contributed by atoms with Crippen molar-refractivity contribution in [3.8, 4) is 22.0 Å². The number of hydrogen-bond donors (Lipinski definition) is 0. The fourth-order valence-corrected chi connectivity index (χ4v) is 5.94. The Bertz CT molecular complexity index is 1520. The monoisotopic (exact) mass is 502 g/mol. The van der Waals surface area contributed by atoms with Gasteiger partial charge in [0.25, 0.3) is 0 Å². The first-order valence-electron chi connectivity index (χ1n) is 11.6. The lowest BCUT2D eigenvalue weighted by atomic mass is 10.0. The Morgan fingerprint density at radius 1 is 0.971 bits per heavy atom. The van der Waals surface area contributed by atoms with Gasteiger partial charge in [-0.1, -0.05) is 36.0 Å². The molecule has 5 rings (SSSR count). The summed E-state index contributed by atoms with van der Waals surface area (Å²) in [5, 5.41) is 13.1. The maximum absolute atomic E-state index is 14.6. The van der Waals surface area contributed by atoms with E-state index in [1.54, 1.807) is 24.3 Å². The van der Waals surface area contributed by atoms with E-state index in [4.69, 9.17) is 4.98 Å². The van der Waals surface area contributed by atoms with Gasteiger partial charge in [0.05, 0.1) is 16.1 Å². The average molecular weight is 503 g/mol. The fraction of sp³-hybridized carbons (Fsp3) is 0.250. The molecule has 0 amide bonds. The molecule has 0 aliphatic rings. The van der Waals surface area contributed by atoms with E-state index in [1.807, 2.05) is 18.2 Å². The van der Waals surface area contributed by atoms with Crippen LogP contribution >= 0.6 is 23.1 Å². The number of thioether (sulfide) groups is 1. The zero-order valence-electron chi connectivity index (χ0n) is 20.5. The molecule has 0 fully saturated rings. The predicted octanol–water partition coefficient (Wildman–Crippen LogP) is 8.16. The number of fused-ring (bicyclic) bond motifs is 1. The molecular formula is C28H27FN4S2. The summed E-state index contributed by atoms with van der Waals surface area (Å²) in [6.45, 7) is 10.3. The first kappa shape index (κ1) is 23.7. The summed E-state index contributed by atoms with van der Waals surface area (Å²) < 4.78 is 16.7. The smallest absolute Gasteiger partial charge is 0.192 e. The Hall–Kier alpha value is -3.03. The van der Waals surface area contributed by atoms with Crippen LogP contribution < -0.4 is 0 Å². The number of nitrogens with zero attached hydrogens (tertiary/aromatic N) is 4. The van der Waals surface area contributed by atoms with Crippen LogP contribution in [-0.2, 0) is 5.75 Å². The number of pyridine rings is 1. The highest BCUT2D eigenvalue weighted by molar-refractivity contribution is 7.98. The van der Waals surface area contributed by atoms with E-state index in [2.05, 4.69) is 72.1 Å². The molecule has 5 aromatic rings. The van der Waals surface area contributed by atoms with Crippen molar-refractivity contribution in [1.29, 1.82) is 0 Å². The van der Waals surface area contributed by atoms with E-state index in [0.29, 0.717) is 16.9 Å². The minimum atomic E-state index is -0.151. The highest BCUT2D eigenvalue weighted by atomic mass is 32.2. The van der Waals surface area contributed by atoms with Crippen molar-refractivity contribution in [2.75, 3.05) is 0 Å². The molecule has 0 spiro atoms. The summed E-state index contributed by atoms with van der Waals surface area (Å²) in [5.41, 5.74) is 6.64. The molecule has 7 heteroatoms. The third-order valence-electron chi connectivity index (χ3n) is 6.25. The highest BCUT2D eigenvalue weighted by Crippen LogP contribution is 2.37. The summed E-state index contributed by atoms with van der Waals surface area (Å²) >= 11 is 3.19. The van der Waals surface area contributed by atoms with Gasteiger partial charge in [-0.15, -0.1) is 21.5 Å². The molecule has 178 valence electrons. The van der Waals surface area contributed by atoms with Crippen molar-refractivity contribution < 1.29 is 4.39 Å². The van der Waals surface area contributed by atoms with E-state index < -0.39 is 0 Å². The zero-order valence-corrected chi connectivity index (χ0v) is 22.1. The summed E-state index contributed by atoms with van der Waals surface area (Å²) in [6.07, 6.45) is 0. The molecule has 4 nitrogen and oxygen atoms in total. The molecular weight excluding hydrogens is 475 g/mol. The van der Waals surface area contributed by atoms with Crippen LogP contribution in [0.2, 0.25) is 0 Å². The van der Waals surface area contributed by atoms with Crippen LogP contribution in [0.25, 0.3) is 32.9 Å². The predicted molar refractivity (Wildman–Crippen MR) is 145 cm³/mol. The molecule has 0 unspecified atom stereocenters. The average Bonchev–Trinajstić information content (AvgIpc) is 3.51. The first-order valence-corrected chi connectivity index (χ1v) is 13.5. The zero-order chi connectivity index (χ0) is 24.7. The van der Waals surface area contributed by atoms with Gasteiger partial charge in [0.2, 0.25) is 0 Å². The van der Waals surface area contributed by atoms with E-state index in [-0.39, 0.29) is 11.9 Å².